The average Bonchev–Trinajstić information content (AvgIpc) is 3.12. The van der Waals surface area contributed by atoms with E-state index in [0.29, 0.717) is 17.2 Å². The fourth-order valence-electron chi connectivity index (χ4n) is 4.43. The molecule has 2 nitrogen and oxygen atoms in total. The summed E-state index contributed by atoms with van der Waals surface area (Å²) >= 11 is 0. The Bertz CT molecular complexity index is 1430. The van der Waals surface area contributed by atoms with Crippen LogP contribution in [-0.4, -0.2) is 4.98 Å². The number of furan rings is 1. The highest BCUT2D eigenvalue weighted by atomic mass is 19.1. The number of rotatable bonds is 4. The molecule has 5 rings (SSSR count). The lowest BCUT2D eigenvalue weighted by Crippen LogP contribution is -1.97. The number of benzene rings is 3. The number of para-hydroxylation sites is 1. The molecule has 2 aromatic heterocycles. The standard InChI is InChI=1S/C28H26FNO/c1-16(2)11-18-9-10-21-22(12-18)25(29)15-30-27(21)24-14-19(17(3)4)13-23-20-7-5-6-8-26(20)31-28(23)24/h5-10,12-17H,11H2,1-4H3. The van der Waals surface area contributed by atoms with Crippen LogP contribution in [0.25, 0.3) is 44.0 Å². The Morgan fingerprint density at radius 3 is 2.45 bits per heavy atom. The van der Waals surface area contributed by atoms with Crippen LogP contribution in [0.1, 0.15) is 44.7 Å². The third kappa shape index (κ3) is 3.38. The average molecular weight is 412 g/mol. The molecule has 0 N–H and O–H groups in total. The van der Waals surface area contributed by atoms with Crippen molar-refractivity contribution in [3.05, 3.63) is 77.7 Å². The van der Waals surface area contributed by atoms with Gasteiger partial charge in [-0.25, -0.2) is 4.39 Å². The van der Waals surface area contributed by atoms with E-state index in [-0.39, 0.29) is 5.82 Å². The maximum Gasteiger partial charge on any atom is 0.149 e. The first-order valence-electron chi connectivity index (χ1n) is 10.9. The van der Waals surface area contributed by atoms with Gasteiger partial charge in [-0.05, 0) is 53.6 Å². The minimum atomic E-state index is -0.287. The lowest BCUT2D eigenvalue weighted by atomic mass is 9.93. The monoisotopic (exact) mass is 411 g/mol. The van der Waals surface area contributed by atoms with Crippen molar-refractivity contribution in [2.45, 2.75) is 40.0 Å². The van der Waals surface area contributed by atoms with Crippen LogP contribution in [0.15, 0.2) is 65.2 Å². The molecule has 0 saturated heterocycles. The highest BCUT2D eigenvalue weighted by molar-refractivity contribution is 6.12. The van der Waals surface area contributed by atoms with E-state index in [4.69, 9.17) is 4.42 Å². The van der Waals surface area contributed by atoms with Crippen LogP contribution in [0.3, 0.4) is 0 Å². The summed E-state index contributed by atoms with van der Waals surface area (Å²) in [6.07, 6.45) is 2.26. The smallest absolute Gasteiger partial charge is 0.149 e. The van der Waals surface area contributed by atoms with Crippen molar-refractivity contribution in [1.82, 2.24) is 4.98 Å². The Balaban J connectivity index is 1.83. The molecular formula is C28H26FNO. The maximum atomic E-state index is 14.8. The minimum absolute atomic E-state index is 0.287. The van der Waals surface area contributed by atoms with Gasteiger partial charge in [0.1, 0.15) is 17.0 Å². The highest BCUT2D eigenvalue weighted by Crippen LogP contribution is 2.40. The molecule has 156 valence electrons. The van der Waals surface area contributed by atoms with Crippen molar-refractivity contribution in [3.63, 3.8) is 0 Å². The van der Waals surface area contributed by atoms with Gasteiger partial charge in [0.25, 0.3) is 0 Å². The number of hydrogen-bond donors (Lipinski definition) is 0. The Morgan fingerprint density at radius 1 is 0.871 bits per heavy atom. The third-order valence-electron chi connectivity index (χ3n) is 5.97. The first-order valence-corrected chi connectivity index (χ1v) is 10.9. The molecule has 0 radical (unpaired) electrons. The lowest BCUT2D eigenvalue weighted by molar-refractivity contribution is 0.632. The van der Waals surface area contributed by atoms with Gasteiger partial charge >= 0.3 is 0 Å². The predicted octanol–water partition coefficient (Wildman–Crippen LogP) is 8.26. The molecular weight excluding hydrogens is 385 g/mol. The molecule has 0 aliphatic rings. The van der Waals surface area contributed by atoms with Crippen LogP contribution in [-0.2, 0) is 6.42 Å². The molecule has 0 aliphatic heterocycles. The third-order valence-corrected chi connectivity index (χ3v) is 5.97. The molecule has 0 bridgehead atoms. The Hall–Kier alpha value is -3.20. The van der Waals surface area contributed by atoms with Crippen molar-refractivity contribution in [1.29, 1.82) is 0 Å². The van der Waals surface area contributed by atoms with Gasteiger partial charge < -0.3 is 4.42 Å². The molecule has 0 fully saturated rings. The first kappa shape index (κ1) is 19.7. The largest absolute Gasteiger partial charge is 0.455 e. The topological polar surface area (TPSA) is 26.0 Å². The molecule has 0 unspecified atom stereocenters. The van der Waals surface area contributed by atoms with Crippen LogP contribution in [0.2, 0.25) is 0 Å². The lowest BCUT2D eigenvalue weighted by Gasteiger charge is -2.13. The van der Waals surface area contributed by atoms with Crippen LogP contribution in [0, 0.1) is 11.7 Å². The minimum Gasteiger partial charge on any atom is -0.455 e. The predicted molar refractivity (Wildman–Crippen MR) is 127 cm³/mol. The zero-order valence-corrected chi connectivity index (χ0v) is 18.4. The normalized spacial score (nSPS) is 12.1. The number of hydrogen-bond acceptors (Lipinski definition) is 2. The van der Waals surface area contributed by atoms with Gasteiger partial charge in [-0.2, -0.15) is 0 Å². The number of aromatic nitrogens is 1. The van der Waals surface area contributed by atoms with Gasteiger partial charge in [0.05, 0.1) is 11.9 Å². The Labute approximate surface area is 181 Å². The summed E-state index contributed by atoms with van der Waals surface area (Å²) in [5.41, 5.74) is 5.69. The second kappa shape index (κ2) is 7.49. The van der Waals surface area contributed by atoms with Crippen molar-refractivity contribution >= 4 is 32.7 Å². The van der Waals surface area contributed by atoms with Gasteiger partial charge in [0.15, 0.2) is 0 Å². The van der Waals surface area contributed by atoms with E-state index in [9.17, 15) is 4.39 Å². The van der Waals surface area contributed by atoms with Gasteiger partial charge in [0.2, 0.25) is 0 Å². The van der Waals surface area contributed by atoms with Crippen molar-refractivity contribution in [2.24, 2.45) is 5.92 Å². The molecule has 0 aliphatic carbocycles. The number of pyridine rings is 1. The first-order chi connectivity index (χ1) is 14.9. The SMILES string of the molecule is CC(C)Cc1ccc2c(-c3cc(C(C)C)cc4c3oc3ccccc34)ncc(F)c2c1. The van der Waals surface area contributed by atoms with Crippen LogP contribution >= 0.6 is 0 Å². The quantitative estimate of drug-likeness (QED) is 0.297. The van der Waals surface area contributed by atoms with Crippen LogP contribution < -0.4 is 0 Å². The molecule has 31 heavy (non-hydrogen) atoms. The maximum absolute atomic E-state index is 14.8. The summed E-state index contributed by atoms with van der Waals surface area (Å²) in [7, 11) is 0. The summed E-state index contributed by atoms with van der Waals surface area (Å²) in [6.45, 7) is 8.71. The highest BCUT2D eigenvalue weighted by Gasteiger charge is 2.19. The molecule has 0 amide bonds. The van der Waals surface area contributed by atoms with Crippen molar-refractivity contribution in [2.75, 3.05) is 0 Å². The summed E-state index contributed by atoms with van der Waals surface area (Å²) < 4.78 is 21.1. The fraction of sp³-hybridized carbons (Fsp3) is 0.250. The van der Waals surface area contributed by atoms with E-state index in [1.54, 1.807) is 0 Å². The molecule has 0 saturated carbocycles. The summed E-state index contributed by atoms with van der Waals surface area (Å²) in [5.74, 6) is 0.575. The van der Waals surface area contributed by atoms with E-state index in [1.807, 2.05) is 30.3 Å². The van der Waals surface area contributed by atoms with E-state index in [0.717, 1.165) is 50.6 Å². The van der Waals surface area contributed by atoms with Gasteiger partial charge in [-0.1, -0.05) is 58.0 Å². The zero-order valence-electron chi connectivity index (χ0n) is 18.4. The molecule has 3 aromatic carbocycles. The molecule has 0 spiro atoms. The van der Waals surface area contributed by atoms with E-state index >= 15 is 0 Å². The van der Waals surface area contributed by atoms with Crippen LogP contribution in [0.4, 0.5) is 4.39 Å². The number of nitrogens with zero attached hydrogens (tertiary/aromatic N) is 1. The number of halogens is 1. The summed E-state index contributed by atoms with van der Waals surface area (Å²) in [6, 6.07) is 18.5. The van der Waals surface area contributed by atoms with Crippen LogP contribution in [0.5, 0.6) is 0 Å². The molecule has 2 heterocycles. The van der Waals surface area contributed by atoms with Crippen molar-refractivity contribution in [3.8, 4) is 11.3 Å². The molecule has 3 heteroatoms. The van der Waals surface area contributed by atoms with Crippen molar-refractivity contribution < 1.29 is 8.81 Å². The van der Waals surface area contributed by atoms with Gasteiger partial charge in [-0.3, -0.25) is 4.98 Å². The molecule has 0 atom stereocenters. The second-order valence-electron chi connectivity index (χ2n) is 9.13. The zero-order chi connectivity index (χ0) is 21.7. The van der Waals surface area contributed by atoms with E-state index in [2.05, 4.69) is 56.9 Å². The number of fused-ring (bicyclic) bond motifs is 4. The Kier molecular flexibility index (Phi) is 4.77. The summed E-state index contributed by atoms with van der Waals surface area (Å²) in [5, 5.41) is 3.59. The van der Waals surface area contributed by atoms with Gasteiger partial charge in [0, 0.05) is 27.1 Å². The van der Waals surface area contributed by atoms with E-state index in [1.165, 1.54) is 11.8 Å². The summed E-state index contributed by atoms with van der Waals surface area (Å²) in [4.78, 5) is 4.55. The van der Waals surface area contributed by atoms with E-state index < -0.39 is 0 Å². The Morgan fingerprint density at radius 2 is 1.68 bits per heavy atom. The van der Waals surface area contributed by atoms with Gasteiger partial charge in [-0.15, -0.1) is 0 Å². The second-order valence-corrected chi connectivity index (χ2v) is 9.13. The molecule has 5 aromatic rings. The fourth-order valence-corrected chi connectivity index (χ4v) is 4.43.